The van der Waals surface area contributed by atoms with Crippen LogP contribution in [0.4, 0.5) is 5.69 Å². The Labute approximate surface area is 147 Å². The third kappa shape index (κ3) is 2.03. The predicted octanol–water partition coefficient (Wildman–Crippen LogP) is 0.932. The van der Waals surface area contributed by atoms with Crippen LogP contribution < -0.4 is 4.90 Å². The molecule has 0 unspecified atom stereocenters. The van der Waals surface area contributed by atoms with Gasteiger partial charge in [-0.15, -0.1) is 0 Å². The van der Waals surface area contributed by atoms with E-state index in [4.69, 9.17) is 16.3 Å². The molecule has 4 atom stereocenters. The van der Waals surface area contributed by atoms with E-state index >= 15 is 0 Å². The molecule has 2 amide bonds. The lowest BCUT2D eigenvalue weighted by atomic mass is 9.77. The predicted molar refractivity (Wildman–Crippen MR) is 86.1 cm³/mol. The molecule has 8 heteroatoms. The van der Waals surface area contributed by atoms with Crippen molar-refractivity contribution in [2.24, 2.45) is 11.8 Å². The van der Waals surface area contributed by atoms with Crippen molar-refractivity contribution in [3.63, 3.8) is 0 Å². The maximum atomic E-state index is 12.9. The van der Waals surface area contributed by atoms with Crippen LogP contribution in [-0.2, 0) is 19.1 Å². The minimum Gasteiger partial charge on any atom is -0.465 e. The second kappa shape index (κ2) is 5.39. The van der Waals surface area contributed by atoms with E-state index in [1.807, 2.05) is 0 Å². The number of aliphatic hydroxyl groups is 1. The number of halogens is 1. The second-order valence-corrected chi connectivity index (χ2v) is 6.63. The lowest BCUT2D eigenvalue weighted by molar-refractivity contribution is -0.128. The van der Waals surface area contributed by atoms with Crippen molar-refractivity contribution in [1.82, 2.24) is 0 Å². The van der Waals surface area contributed by atoms with Crippen molar-refractivity contribution in [1.29, 1.82) is 0 Å². The van der Waals surface area contributed by atoms with E-state index < -0.39 is 41.3 Å². The highest BCUT2D eigenvalue weighted by molar-refractivity contribution is 6.34. The summed E-state index contributed by atoms with van der Waals surface area (Å²) < 4.78 is 10.3. The topological polar surface area (TPSA) is 93.1 Å². The number of carbonyl (C=O) groups excluding carboxylic acids is 3. The van der Waals surface area contributed by atoms with Gasteiger partial charge in [-0.25, -0.2) is 9.69 Å². The number of carbonyl (C=O) groups is 3. The van der Waals surface area contributed by atoms with Gasteiger partial charge in [0.25, 0.3) is 0 Å². The average Bonchev–Trinajstić information content (AvgIpc) is 3.26. The Bertz CT molecular complexity index is 836. The molecule has 2 bridgehead atoms. The molecule has 3 heterocycles. The van der Waals surface area contributed by atoms with Crippen LogP contribution in [-0.4, -0.2) is 48.3 Å². The number of anilines is 1. The summed E-state index contributed by atoms with van der Waals surface area (Å²) >= 11 is 5.99. The fourth-order valence-corrected chi connectivity index (χ4v) is 4.05. The van der Waals surface area contributed by atoms with Gasteiger partial charge in [0.2, 0.25) is 11.8 Å². The van der Waals surface area contributed by atoms with Crippen LogP contribution in [0.25, 0.3) is 0 Å². The zero-order chi connectivity index (χ0) is 17.9. The number of hydrogen-bond acceptors (Lipinski definition) is 6. The zero-order valence-electron chi connectivity index (χ0n) is 13.1. The highest BCUT2D eigenvalue weighted by Crippen LogP contribution is 2.52. The largest absolute Gasteiger partial charge is 0.465 e. The van der Waals surface area contributed by atoms with Gasteiger partial charge in [-0.3, -0.25) is 9.59 Å². The van der Waals surface area contributed by atoms with Gasteiger partial charge in [-0.05, 0) is 18.2 Å². The Morgan fingerprint density at radius 2 is 2.16 bits per heavy atom. The number of imide groups is 1. The molecule has 4 rings (SSSR count). The Kier molecular flexibility index (Phi) is 3.50. The molecule has 1 aromatic rings. The fourth-order valence-electron chi connectivity index (χ4n) is 3.86. The molecule has 1 N–H and O–H groups in total. The summed E-state index contributed by atoms with van der Waals surface area (Å²) in [5, 5.41) is 9.86. The molecule has 130 valence electrons. The van der Waals surface area contributed by atoms with E-state index in [0.717, 1.165) is 4.90 Å². The first-order valence-electron chi connectivity index (χ1n) is 7.67. The highest BCUT2D eigenvalue weighted by atomic mass is 35.5. The third-order valence-corrected chi connectivity index (χ3v) is 5.35. The van der Waals surface area contributed by atoms with E-state index in [-0.39, 0.29) is 22.9 Å². The lowest BCUT2D eigenvalue weighted by Gasteiger charge is -2.26. The fraction of sp³-hybridized carbons (Fsp3) is 0.353. The van der Waals surface area contributed by atoms with Crippen LogP contribution >= 0.6 is 11.6 Å². The summed E-state index contributed by atoms with van der Waals surface area (Å²) in [5.41, 5.74) is -0.857. The molecule has 7 nitrogen and oxygen atoms in total. The minimum absolute atomic E-state index is 0.0635. The van der Waals surface area contributed by atoms with Gasteiger partial charge >= 0.3 is 5.97 Å². The monoisotopic (exact) mass is 363 g/mol. The number of methoxy groups -OCH3 is 1. The Morgan fingerprint density at radius 1 is 1.40 bits per heavy atom. The molecule has 2 saturated heterocycles. The van der Waals surface area contributed by atoms with Crippen molar-refractivity contribution in [2.75, 3.05) is 18.6 Å². The van der Waals surface area contributed by atoms with Gasteiger partial charge in [0, 0.05) is 0 Å². The molecule has 0 radical (unpaired) electrons. The normalized spacial score (nSPS) is 32.4. The third-order valence-electron chi connectivity index (χ3n) is 5.02. The molecular weight excluding hydrogens is 350 g/mol. The number of hydrogen-bond donors (Lipinski definition) is 1. The van der Waals surface area contributed by atoms with Crippen molar-refractivity contribution >= 4 is 35.1 Å². The van der Waals surface area contributed by atoms with Gasteiger partial charge in [0.15, 0.2) is 0 Å². The SMILES string of the molecule is COC(=O)c1cc(N2C(=O)[C@H]3[C@H]4C=C[C@@](CO)(O4)[C@H]3C2=O)ccc1Cl. The standard InChI is InChI=1S/C17H14ClNO6/c1-24-16(23)9-6-8(2-3-10(9)18)19-14(21)12-11-4-5-17(7-20,25-11)13(12)15(19)22/h2-6,11-13,20H,7H2,1H3/t11-,12+,13-,17+/m1/s1. The number of rotatable bonds is 3. The van der Waals surface area contributed by atoms with Gasteiger partial charge in [-0.1, -0.05) is 23.8 Å². The Hall–Kier alpha value is -2.22. The number of fused-ring (bicyclic) bond motifs is 5. The van der Waals surface area contributed by atoms with Crippen LogP contribution in [0.1, 0.15) is 10.4 Å². The van der Waals surface area contributed by atoms with Gasteiger partial charge in [0.1, 0.15) is 5.60 Å². The van der Waals surface area contributed by atoms with Crippen molar-refractivity contribution in [3.05, 3.63) is 40.9 Å². The Morgan fingerprint density at radius 3 is 2.84 bits per heavy atom. The summed E-state index contributed by atoms with van der Waals surface area (Å²) in [5.74, 6) is -3.01. The number of amides is 2. The number of esters is 1. The van der Waals surface area contributed by atoms with Crippen molar-refractivity contribution < 1.29 is 29.0 Å². The Balaban J connectivity index is 1.75. The van der Waals surface area contributed by atoms with E-state index in [1.165, 1.54) is 25.3 Å². The molecule has 0 spiro atoms. The van der Waals surface area contributed by atoms with Crippen molar-refractivity contribution in [2.45, 2.75) is 11.7 Å². The van der Waals surface area contributed by atoms with E-state index in [0.29, 0.717) is 0 Å². The molecule has 0 aromatic heterocycles. The summed E-state index contributed by atoms with van der Waals surface area (Å²) in [6.07, 6.45) is 2.81. The first-order chi connectivity index (χ1) is 11.9. The number of ether oxygens (including phenoxy) is 2. The quantitative estimate of drug-likeness (QED) is 0.488. The van der Waals surface area contributed by atoms with Gasteiger partial charge in [-0.2, -0.15) is 0 Å². The first kappa shape index (κ1) is 16.3. The maximum Gasteiger partial charge on any atom is 0.339 e. The minimum atomic E-state index is -1.16. The molecule has 0 saturated carbocycles. The number of aliphatic hydroxyl groups excluding tert-OH is 1. The average molecular weight is 364 g/mol. The number of benzene rings is 1. The van der Waals surface area contributed by atoms with Crippen LogP contribution in [0.5, 0.6) is 0 Å². The van der Waals surface area contributed by atoms with Crippen LogP contribution in [0.15, 0.2) is 30.4 Å². The molecule has 3 aliphatic heterocycles. The van der Waals surface area contributed by atoms with Gasteiger partial charge in [0.05, 0.1) is 47.9 Å². The lowest BCUT2D eigenvalue weighted by Crippen LogP contribution is -2.43. The second-order valence-electron chi connectivity index (χ2n) is 6.23. The van der Waals surface area contributed by atoms with Crippen LogP contribution in [0.3, 0.4) is 0 Å². The molecular formula is C17H14ClNO6. The molecule has 25 heavy (non-hydrogen) atoms. The van der Waals surface area contributed by atoms with E-state index in [9.17, 15) is 19.5 Å². The van der Waals surface area contributed by atoms with Crippen molar-refractivity contribution in [3.8, 4) is 0 Å². The summed E-state index contributed by atoms with van der Waals surface area (Å²) in [7, 11) is 1.22. The highest BCUT2D eigenvalue weighted by Gasteiger charge is 2.67. The summed E-state index contributed by atoms with van der Waals surface area (Å²) in [4.78, 5) is 38.6. The first-order valence-corrected chi connectivity index (χ1v) is 8.05. The van der Waals surface area contributed by atoms with Crippen LogP contribution in [0.2, 0.25) is 5.02 Å². The molecule has 3 aliphatic rings. The molecule has 0 aliphatic carbocycles. The summed E-state index contributed by atoms with van der Waals surface area (Å²) in [6, 6.07) is 4.28. The van der Waals surface area contributed by atoms with Crippen LogP contribution in [0, 0.1) is 11.8 Å². The zero-order valence-corrected chi connectivity index (χ0v) is 13.9. The van der Waals surface area contributed by atoms with Gasteiger partial charge < -0.3 is 14.6 Å². The molecule has 2 fully saturated rings. The van der Waals surface area contributed by atoms with E-state index in [1.54, 1.807) is 12.2 Å². The number of nitrogens with zero attached hydrogens (tertiary/aromatic N) is 1. The summed E-state index contributed by atoms with van der Waals surface area (Å²) in [6.45, 7) is -0.387. The smallest absolute Gasteiger partial charge is 0.339 e. The van der Waals surface area contributed by atoms with E-state index in [2.05, 4.69) is 4.74 Å². The maximum absolute atomic E-state index is 12.9. The molecule has 1 aromatic carbocycles.